The van der Waals surface area contributed by atoms with E-state index < -0.39 is 7.12 Å². The molecule has 9 aromatic heterocycles. The van der Waals surface area contributed by atoms with E-state index in [1.54, 1.807) is 35.2 Å². The summed E-state index contributed by atoms with van der Waals surface area (Å²) < 4.78 is 5.46. The Morgan fingerprint density at radius 1 is 0.369 bits per heavy atom. The largest absolute Gasteiger partial charge is 0.488 e. The monoisotopic (exact) mass is 1380 g/mol. The first-order valence-electron chi connectivity index (χ1n) is 32.7. The van der Waals surface area contributed by atoms with Gasteiger partial charge in [-0.05, 0) is 149 Å². The van der Waals surface area contributed by atoms with E-state index in [0.717, 1.165) is 101 Å². The Balaban J connectivity index is 0.000000135. The van der Waals surface area contributed by atoms with Crippen LogP contribution in [0.15, 0.2) is 274 Å². The quantitative estimate of drug-likeness (QED) is 0.0370. The van der Waals surface area contributed by atoms with E-state index >= 15 is 0 Å². The summed E-state index contributed by atoms with van der Waals surface area (Å²) in [5.41, 5.74) is 16.1. The predicted molar refractivity (Wildman–Crippen MR) is 405 cm³/mol. The first-order valence-corrected chi connectivity index (χ1v) is 33.0. The van der Waals surface area contributed by atoms with Gasteiger partial charge in [0.15, 0.2) is 29.1 Å². The average molecular weight is 1380 g/mol. The molecule has 0 spiro atoms. The molecule has 23 nitrogen and oxygen atoms in total. The lowest BCUT2D eigenvalue weighted by atomic mass is 9.80. The van der Waals surface area contributed by atoms with E-state index in [1.807, 2.05) is 191 Å². The van der Waals surface area contributed by atoms with Crippen molar-refractivity contribution in [1.29, 1.82) is 0 Å². The summed E-state index contributed by atoms with van der Waals surface area (Å²) in [5.74, 6) is 2.92. The molecule has 15 rings (SSSR count). The van der Waals surface area contributed by atoms with Crippen LogP contribution in [0.4, 0.5) is 34.5 Å². The van der Waals surface area contributed by atoms with Crippen molar-refractivity contribution < 1.29 is 24.4 Å². The molecule has 3 amide bonds. The molecule has 6 aromatic carbocycles. The minimum atomic E-state index is -1.47. The van der Waals surface area contributed by atoms with Gasteiger partial charge in [-0.25, -0.2) is 23.5 Å². The van der Waals surface area contributed by atoms with Crippen molar-refractivity contribution in [3.63, 3.8) is 0 Å². The number of halogens is 1. The molecular formula is C78H68BClN18O5. The number of hydrogen-bond donors (Lipinski definition) is 8. The molecule has 9 heterocycles. The molecule has 0 aliphatic rings. The van der Waals surface area contributed by atoms with Crippen LogP contribution in [0.2, 0.25) is 5.28 Å². The summed E-state index contributed by atoms with van der Waals surface area (Å²) in [6, 6.07) is 75.4. The normalized spacial score (nSPS) is 10.7. The van der Waals surface area contributed by atoms with Crippen LogP contribution in [-0.4, -0.2) is 93.6 Å². The third-order valence-electron chi connectivity index (χ3n) is 15.7. The van der Waals surface area contributed by atoms with Crippen LogP contribution in [0, 0.1) is 0 Å². The fraction of sp³-hybridized carbons (Fsp3) is 0.0769. The number of anilines is 6. The molecule has 0 unspecified atom stereocenters. The van der Waals surface area contributed by atoms with E-state index in [9.17, 15) is 14.4 Å². The van der Waals surface area contributed by atoms with Gasteiger partial charge >= 0.3 is 7.12 Å². The zero-order valence-corrected chi connectivity index (χ0v) is 56.8. The number of fused-ring (bicyclic) bond motifs is 3. The molecule has 103 heavy (non-hydrogen) atoms. The highest BCUT2D eigenvalue weighted by Crippen LogP contribution is 2.35. The lowest BCUT2D eigenvalue weighted by Gasteiger charge is -2.12. The summed E-state index contributed by atoms with van der Waals surface area (Å²) in [4.78, 5) is 60.5. The van der Waals surface area contributed by atoms with Crippen molar-refractivity contribution in [2.75, 3.05) is 31.9 Å². The fourth-order valence-electron chi connectivity index (χ4n) is 11.0. The predicted octanol–water partition coefficient (Wildman–Crippen LogP) is 13.4. The molecular weight excluding hydrogens is 1320 g/mol. The number of carbonyl (C=O) groups excluding carboxylic acids is 3. The van der Waals surface area contributed by atoms with Crippen LogP contribution < -0.4 is 37.4 Å². The third-order valence-corrected chi connectivity index (χ3v) is 15.9. The summed E-state index contributed by atoms with van der Waals surface area (Å²) in [5, 5.41) is 49.9. The summed E-state index contributed by atoms with van der Waals surface area (Å²) in [7, 11) is -1.47. The van der Waals surface area contributed by atoms with Crippen LogP contribution in [0.3, 0.4) is 0 Å². The molecule has 0 aliphatic carbocycles. The Morgan fingerprint density at radius 3 is 0.990 bits per heavy atom. The Kier molecular flexibility index (Phi) is 22.6. The van der Waals surface area contributed by atoms with E-state index in [-0.39, 0.29) is 23.0 Å². The van der Waals surface area contributed by atoms with Crippen molar-refractivity contribution in [3.8, 4) is 56.2 Å². The van der Waals surface area contributed by atoms with Gasteiger partial charge in [0.2, 0.25) is 23.0 Å². The highest BCUT2D eigenvalue weighted by atomic mass is 35.5. The Bertz CT molecular complexity index is 5100. The zero-order chi connectivity index (χ0) is 71.4. The van der Waals surface area contributed by atoms with E-state index in [1.165, 1.54) is 32.9 Å². The number of nitrogens with zero attached hydrogens (tertiary/aromatic N) is 12. The minimum absolute atomic E-state index is 0.109. The lowest BCUT2D eigenvalue weighted by molar-refractivity contribution is -0.115. The van der Waals surface area contributed by atoms with E-state index in [2.05, 4.69) is 105 Å². The van der Waals surface area contributed by atoms with Gasteiger partial charge in [-0.1, -0.05) is 121 Å². The zero-order valence-electron chi connectivity index (χ0n) is 56.0. The number of aromatic nitrogens is 12. The molecule has 0 saturated heterocycles. The minimum Gasteiger partial charge on any atom is -0.423 e. The second-order valence-electron chi connectivity index (χ2n) is 23.2. The standard InChI is InChI=1S/2C26H22N6O.C18H14ClN5.C8H10BNO3/c2*1-18(33)29-21-12-10-20(11-13-21)25-30-26(28-17-22-9-5-6-15-27-22)24-23(14-16-32(24)31-25)19-7-3-2-4-8-19;19-18-22-17(21-12-14-8-4-5-10-20-14)16-15(9-11-24(16)23-18)13-6-2-1-3-7-13;1-6(11)10-8-4-2-7(3-5-8)9(12)13/h2*2-16H,17H2,1H3,(H,29,33)(H,28,30,31);1-11H,12H2,(H,21,22,23);2-5,12-13H,1H3,(H,10,11). The number of nitrogens with one attached hydrogen (secondary N) is 6. The van der Waals surface area contributed by atoms with Gasteiger partial charge < -0.3 is 41.9 Å². The van der Waals surface area contributed by atoms with Gasteiger partial charge in [-0.2, -0.15) is 4.98 Å². The number of carbonyl (C=O) groups is 3. The molecule has 510 valence electrons. The molecule has 0 radical (unpaired) electrons. The van der Waals surface area contributed by atoms with Crippen LogP contribution in [0.25, 0.3) is 72.7 Å². The van der Waals surface area contributed by atoms with E-state index in [0.29, 0.717) is 48.3 Å². The topological polar surface area (TPSA) is 293 Å². The fourth-order valence-corrected chi connectivity index (χ4v) is 11.2. The average Bonchev–Trinajstić information content (AvgIpc) is 1.71. The van der Waals surface area contributed by atoms with Gasteiger partial charge in [-0.3, -0.25) is 29.3 Å². The number of hydrogen-bond acceptors (Lipinski definition) is 17. The molecule has 25 heteroatoms. The van der Waals surface area contributed by atoms with Crippen molar-refractivity contribution in [2.24, 2.45) is 0 Å². The second-order valence-corrected chi connectivity index (χ2v) is 23.5. The van der Waals surface area contributed by atoms with Crippen molar-refractivity contribution in [1.82, 2.24) is 58.7 Å². The maximum absolute atomic E-state index is 11.3. The van der Waals surface area contributed by atoms with Gasteiger partial charge in [0.25, 0.3) is 0 Å². The SMILES string of the molecule is CC(=O)Nc1ccc(-c2nc(NCc3ccccn3)c3c(-c4ccccc4)ccn3n2)cc1.CC(=O)Nc1ccc(-c2nc(NCc3ccccn3)c3c(-c4ccccc4)ccn3n2)cc1.CC(=O)Nc1ccc(B(O)O)cc1.Clc1nc(NCc2ccccn2)c2c(-c3ccccc3)ccn2n1. The van der Waals surface area contributed by atoms with Crippen LogP contribution in [0.1, 0.15) is 37.9 Å². The highest BCUT2D eigenvalue weighted by molar-refractivity contribution is 6.58. The van der Waals surface area contributed by atoms with Crippen LogP contribution in [-0.2, 0) is 34.0 Å². The highest BCUT2D eigenvalue weighted by Gasteiger charge is 2.19. The van der Waals surface area contributed by atoms with Gasteiger partial charge in [0, 0.05) is 103 Å². The van der Waals surface area contributed by atoms with Crippen molar-refractivity contribution in [3.05, 3.63) is 296 Å². The maximum Gasteiger partial charge on any atom is 0.488 e. The van der Waals surface area contributed by atoms with Gasteiger partial charge in [-0.15, -0.1) is 15.3 Å². The molecule has 8 N–H and O–H groups in total. The molecule has 0 bridgehead atoms. The molecule has 0 fully saturated rings. The smallest absolute Gasteiger partial charge is 0.423 e. The van der Waals surface area contributed by atoms with E-state index in [4.69, 9.17) is 41.8 Å². The third kappa shape index (κ3) is 18.3. The van der Waals surface area contributed by atoms with Gasteiger partial charge in [0.1, 0.15) is 16.6 Å². The number of pyridine rings is 3. The Hall–Kier alpha value is -13.3. The second kappa shape index (κ2) is 33.5. The van der Waals surface area contributed by atoms with Crippen molar-refractivity contribution >= 4 is 93.0 Å². The summed E-state index contributed by atoms with van der Waals surface area (Å²) in [6.07, 6.45) is 11.1. The number of amides is 3. The Labute approximate surface area is 597 Å². The van der Waals surface area contributed by atoms with Gasteiger partial charge in [0.05, 0.1) is 36.7 Å². The first-order chi connectivity index (χ1) is 50.2. The Morgan fingerprint density at radius 2 is 0.680 bits per heavy atom. The van der Waals surface area contributed by atoms with Crippen molar-refractivity contribution in [2.45, 2.75) is 40.4 Å². The molecule has 15 aromatic rings. The summed E-state index contributed by atoms with van der Waals surface area (Å²) >= 11 is 6.06. The molecule has 0 aliphatic heterocycles. The number of benzene rings is 6. The first kappa shape index (κ1) is 69.6. The molecule has 0 atom stereocenters. The maximum atomic E-state index is 11.3. The van der Waals surface area contributed by atoms with Crippen LogP contribution >= 0.6 is 11.6 Å². The van der Waals surface area contributed by atoms with Crippen LogP contribution in [0.5, 0.6) is 0 Å². The molecule has 0 saturated carbocycles. The number of rotatable bonds is 18. The summed E-state index contributed by atoms with van der Waals surface area (Å²) in [6.45, 7) is 6.02. The lowest BCUT2D eigenvalue weighted by Crippen LogP contribution is -2.29.